The second-order valence-electron chi connectivity index (χ2n) is 4.15. The minimum absolute atomic E-state index is 0.152. The average molecular weight is 300 g/mol. The Morgan fingerprint density at radius 1 is 1.21 bits per heavy atom. The van der Waals surface area contributed by atoms with Gasteiger partial charge in [-0.05, 0) is 36.1 Å². The lowest BCUT2D eigenvalue weighted by molar-refractivity contribution is 0.459. The summed E-state index contributed by atoms with van der Waals surface area (Å²) in [4.78, 5) is 0. The lowest BCUT2D eigenvalue weighted by atomic mass is 10.2. The van der Waals surface area contributed by atoms with E-state index < -0.39 is 5.82 Å². The van der Waals surface area contributed by atoms with E-state index in [0.717, 1.165) is 22.8 Å². The second-order valence-corrected chi connectivity index (χ2v) is 5.43. The molecule has 0 aliphatic rings. The van der Waals surface area contributed by atoms with Gasteiger partial charge in [0.2, 0.25) is 0 Å². The van der Waals surface area contributed by atoms with E-state index in [0.29, 0.717) is 13.1 Å². The molecular formula is C14H15ClFNOS. The van der Waals surface area contributed by atoms with E-state index in [2.05, 4.69) is 5.32 Å². The van der Waals surface area contributed by atoms with E-state index in [1.54, 1.807) is 23.9 Å². The van der Waals surface area contributed by atoms with Crippen LogP contribution in [0.1, 0.15) is 17.1 Å². The molecule has 1 heterocycles. The Labute approximate surface area is 121 Å². The molecule has 0 aliphatic heterocycles. The fourth-order valence-corrected chi connectivity index (χ4v) is 2.36. The summed E-state index contributed by atoms with van der Waals surface area (Å²) < 4.78 is 18.6. The van der Waals surface area contributed by atoms with Crippen molar-refractivity contribution >= 4 is 23.4 Å². The second kappa shape index (κ2) is 6.98. The Kier molecular flexibility index (Phi) is 5.31. The standard InChI is InChI=1S/C14H15ClFNOS/c1-19-9-12-4-3-11(18-12)8-17-7-10-2-5-14(16)13(15)6-10/h2-6,17H,7-9H2,1H3. The van der Waals surface area contributed by atoms with Gasteiger partial charge in [-0.3, -0.25) is 0 Å². The molecule has 0 aliphatic carbocycles. The van der Waals surface area contributed by atoms with Crippen LogP contribution in [0, 0.1) is 5.82 Å². The van der Waals surface area contributed by atoms with Crippen molar-refractivity contribution in [3.05, 3.63) is 58.3 Å². The maximum absolute atomic E-state index is 13.0. The summed E-state index contributed by atoms with van der Waals surface area (Å²) in [6.45, 7) is 1.27. The Morgan fingerprint density at radius 3 is 2.74 bits per heavy atom. The van der Waals surface area contributed by atoms with Gasteiger partial charge in [0.25, 0.3) is 0 Å². The highest BCUT2D eigenvalue weighted by Crippen LogP contribution is 2.16. The van der Waals surface area contributed by atoms with Crippen LogP contribution >= 0.6 is 23.4 Å². The van der Waals surface area contributed by atoms with Crippen molar-refractivity contribution in [2.45, 2.75) is 18.8 Å². The van der Waals surface area contributed by atoms with Gasteiger partial charge < -0.3 is 9.73 Å². The van der Waals surface area contributed by atoms with Crippen molar-refractivity contribution in [3.63, 3.8) is 0 Å². The van der Waals surface area contributed by atoms with Gasteiger partial charge in [-0.2, -0.15) is 11.8 Å². The third-order valence-corrected chi connectivity index (χ3v) is 3.48. The predicted octanol–water partition coefficient (Wildman–Crippen LogP) is 4.22. The summed E-state index contributed by atoms with van der Waals surface area (Å²) >= 11 is 7.45. The number of furan rings is 1. The third-order valence-electron chi connectivity index (χ3n) is 2.62. The van der Waals surface area contributed by atoms with Crippen LogP contribution in [0.5, 0.6) is 0 Å². The predicted molar refractivity (Wildman–Crippen MR) is 77.9 cm³/mol. The zero-order chi connectivity index (χ0) is 13.7. The van der Waals surface area contributed by atoms with Crippen LogP contribution in [0.3, 0.4) is 0 Å². The number of hydrogen-bond donors (Lipinski definition) is 1. The number of benzene rings is 1. The Morgan fingerprint density at radius 2 is 2.00 bits per heavy atom. The van der Waals surface area contributed by atoms with Gasteiger partial charge in [-0.1, -0.05) is 17.7 Å². The minimum atomic E-state index is -0.391. The first-order valence-electron chi connectivity index (χ1n) is 5.90. The number of hydrogen-bond acceptors (Lipinski definition) is 3. The first-order valence-corrected chi connectivity index (χ1v) is 7.67. The first kappa shape index (κ1) is 14.4. The Bertz CT molecular complexity index is 544. The normalized spacial score (nSPS) is 10.9. The summed E-state index contributed by atoms with van der Waals surface area (Å²) in [5, 5.41) is 3.39. The van der Waals surface area contributed by atoms with Crippen molar-refractivity contribution in [3.8, 4) is 0 Å². The SMILES string of the molecule is CSCc1ccc(CNCc2ccc(F)c(Cl)c2)o1. The number of nitrogens with one attached hydrogen (secondary N) is 1. The van der Waals surface area contributed by atoms with E-state index in [9.17, 15) is 4.39 Å². The molecule has 1 aromatic carbocycles. The lowest BCUT2D eigenvalue weighted by Crippen LogP contribution is -2.12. The van der Waals surface area contributed by atoms with Crippen LogP contribution in [0.4, 0.5) is 4.39 Å². The highest BCUT2D eigenvalue weighted by atomic mass is 35.5. The van der Waals surface area contributed by atoms with Gasteiger partial charge in [0.1, 0.15) is 17.3 Å². The molecule has 2 aromatic rings. The van der Waals surface area contributed by atoms with Crippen molar-refractivity contribution in [2.24, 2.45) is 0 Å². The molecule has 0 amide bonds. The quantitative estimate of drug-likeness (QED) is 0.864. The molecule has 0 saturated carbocycles. The smallest absolute Gasteiger partial charge is 0.141 e. The summed E-state index contributed by atoms with van der Waals surface area (Å²) in [5.41, 5.74) is 0.947. The monoisotopic (exact) mass is 299 g/mol. The molecule has 0 fully saturated rings. The molecule has 2 nitrogen and oxygen atoms in total. The molecule has 102 valence electrons. The molecular weight excluding hydrogens is 285 g/mol. The van der Waals surface area contributed by atoms with Crippen molar-refractivity contribution < 1.29 is 8.81 Å². The molecule has 19 heavy (non-hydrogen) atoms. The topological polar surface area (TPSA) is 25.2 Å². The summed E-state index contributed by atoms with van der Waals surface area (Å²) in [6.07, 6.45) is 2.04. The highest BCUT2D eigenvalue weighted by molar-refractivity contribution is 7.97. The molecule has 0 unspecified atom stereocenters. The number of halogens is 2. The fraction of sp³-hybridized carbons (Fsp3) is 0.286. The van der Waals surface area contributed by atoms with Crippen LogP contribution in [-0.2, 0) is 18.8 Å². The van der Waals surface area contributed by atoms with Crippen LogP contribution in [-0.4, -0.2) is 6.26 Å². The lowest BCUT2D eigenvalue weighted by Gasteiger charge is -2.04. The van der Waals surface area contributed by atoms with Gasteiger partial charge in [0.05, 0.1) is 17.3 Å². The average Bonchev–Trinajstić information content (AvgIpc) is 2.82. The Hall–Kier alpha value is -0.970. The van der Waals surface area contributed by atoms with E-state index in [-0.39, 0.29) is 5.02 Å². The fourth-order valence-electron chi connectivity index (χ4n) is 1.72. The largest absolute Gasteiger partial charge is 0.464 e. The zero-order valence-corrected chi connectivity index (χ0v) is 12.2. The molecule has 5 heteroatoms. The molecule has 1 N–H and O–H groups in total. The zero-order valence-electron chi connectivity index (χ0n) is 10.6. The maximum atomic E-state index is 13.0. The van der Waals surface area contributed by atoms with Crippen LogP contribution < -0.4 is 5.32 Å². The van der Waals surface area contributed by atoms with E-state index in [1.165, 1.54) is 6.07 Å². The number of rotatable bonds is 6. The molecule has 0 spiro atoms. The summed E-state index contributed by atoms with van der Waals surface area (Å²) in [7, 11) is 0. The molecule has 1 aromatic heterocycles. The molecule has 0 atom stereocenters. The van der Waals surface area contributed by atoms with E-state index in [1.807, 2.05) is 18.4 Å². The van der Waals surface area contributed by atoms with E-state index >= 15 is 0 Å². The van der Waals surface area contributed by atoms with Crippen molar-refractivity contribution in [1.82, 2.24) is 5.32 Å². The van der Waals surface area contributed by atoms with E-state index in [4.69, 9.17) is 16.0 Å². The van der Waals surface area contributed by atoms with Crippen molar-refractivity contribution in [2.75, 3.05) is 6.26 Å². The van der Waals surface area contributed by atoms with Crippen molar-refractivity contribution in [1.29, 1.82) is 0 Å². The summed E-state index contributed by atoms with van der Waals surface area (Å²) in [5.74, 6) is 2.37. The van der Waals surface area contributed by atoms with Gasteiger partial charge in [0, 0.05) is 6.54 Å². The first-order chi connectivity index (χ1) is 9.19. The van der Waals surface area contributed by atoms with Gasteiger partial charge in [-0.25, -0.2) is 4.39 Å². The van der Waals surface area contributed by atoms with Crippen LogP contribution in [0.25, 0.3) is 0 Å². The van der Waals surface area contributed by atoms with Gasteiger partial charge in [-0.15, -0.1) is 0 Å². The highest BCUT2D eigenvalue weighted by Gasteiger charge is 2.03. The third kappa shape index (κ3) is 4.27. The van der Waals surface area contributed by atoms with Gasteiger partial charge in [0.15, 0.2) is 0 Å². The summed E-state index contributed by atoms with van der Waals surface area (Å²) in [6, 6.07) is 8.68. The maximum Gasteiger partial charge on any atom is 0.141 e. The minimum Gasteiger partial charge on any atom is -0.464 e. The van der Waals surface area contributed by atoms with Crippen LogP contribution in [0.2, 0.25) is 5.02 Å². The molecule has 0 bridgehead atoms. The molecule has 0 saturated heterocycles. The molecule has 2 rings (SSSR count). The van der Waals surface area contributed by atoms with Crippen LogP contribution in [0.15, 0.2) is 34.7 Å². The number of thioether (sulfide) groups is 1. The molecule has 0 radical (unpaired) electrons. The Balaban J connectivity index is 1.83. The van der Waals surface area contributed by atoms with Gasteiger partial charge >= 0.3 is 0 Å².